The monoisotopic (exact) mass is 201 g/mol. The first-order valence-corrected chi connectivity index (χ1v) is 6.02. The third-order valence-electron chi connectivity index (χ3n) is 2.01. The minimum absolute atomic E-state index is 0.0104. The highest BCUT2D eigenvalue weighted by atomic mass is 32.2. The highest BCUT2D eigenvalue weighted by Gasteiger charge is 2.28. The summed E-state index contributed by atoms with van der Waals surface area (Å²) in [4.78, 5) is 3.78. The maximum absolute atomic E-state index is 11.5. The molecule has 13 heavy (non-hydrogen) atoms. The van der Waals surface area contributed by atoms with Gasteiger partial charge in [0, 0.05) is 0 Å². The van der Waals surface area contributed by atoms with E-state index < -0.39 is 9.84 Å². The molecule has 2 rings (SSSR count). The molecule has 1 aromatic rings. The molecule has 0 radical (unpaired) electrons. The lowest BCUT2D eigenvalue weighted by Gasteiger charge is -1.98. The Balaban J connectivity index is 1.99. The molecule has 1 fully saturated rings. The molecular weight excluding hydrogens is 190 g/mol. The Morgan fingerprint density at radius 1 is 1.54 bits per heavy atom. The van der Waals surface area contributed by atoms with Crippen LogP contribution in [0.5, 0.6) is 0 Å². The molecule has 1 aliphatic carbocycles. The first kappa shape index (κ1) is 8.68. The summed E-state index contributed by atoms with van der Waals surface area (Å²) in [6.07, 6.45) is 3.42. The van der Waals surface area contributed by atoms with Crippen LogP contribution in [0.2, 0.25) is 0 Å². The number of nitrogens with one attached hydrogen (secondary N) is 1. The summed E-state index contributed by atoms with van der Waals surface area (Å²) in [7, 11) is -2.98. The lowest BCUT2D eigenvalue weighted by Crippen LogP contribution is -2.11. The highest BCUT2D eigenvalue weighted by molar-refractivity contribution is 7.90. The first-order valence-electron chi connectivity index (χ1n) is 4.20. The zero-order valence-electron chi connectivity index (χ0n) is 7.10. The van der Waals surface area contributed by atoms with E-state index in [9.17, 15) is 8.42 Å². The van der Waals surface area contributed by atoms with E-state index in [1.54, 1.807) is 0 Å². The fourth-order valence-electron chi connectivity index (χ4n) is 1.21. The number of H-pyrrole nitrogens is 1. The fraction of sp³-hybridized carbons (Fsp3) is 0.714. The molecule has 1 heterocycles. The molecule has 1 saturated carbocycles. The molecule has 0 aliphatic heterocycles. The summed E-state index contributed by atoms with van der Waals surface area (Å²) in [5.41, 5.74) is 0. The van der Waals surface area contributed by atoms with E-state index in [4.69, 9.17) is 0 Å². The third-order valence-corrected chi connectivity index (χ3v) is 3.70. The molecule has 0 saturated heterocycles. The number of aromatic amines is 1. The predicted molar refractivity (Wildman–Crippen MR) is 46.6 cm³/mol. The van der Waals surface area contributed by atoms with Crippen molar-refractivity contribution in [1.82, 2.24) is 15.2 Å². The van der Waals surface area contributed by atoms with Crippen LogP contribution in [-0.2, 0) is 15.6 Å². The lowest BCUT2D eigenvalue weighted by atomic mass is 10.5. The largest absolute Gasteiger partial charge is 0.262 e. The van der Waals surface area contributed by atoms with E-state index in [0.29, 0.717) is 17.5 Å². The Labute approximate surface area is 76.5 Å². The predicted octanol–water partition coefficient (Wildman–Crippen LogP) is 0.129. The van der Waals surface area contributed by atoms with Gasteiger partial charge in [0.15, 0.2) is 9.84 Å². The number of sulfone groups is 1. The van der Waals surface area contributed by atoms with E-state index >= 15 is 0 Å². The van der Waals surface area contributed by atoms with Crippen molar-refractivity contribution in [3.63, 3.8) is 0 Å². The number of rotatable bonds is 4. The van der Waals surface area contributed by atoms with Crippen LogP contribution >= 0.6 is 0 Å². The molecule has 0 amide bonds. The van der Waals surface area contributed by atoms with Crippen molar-refractivity contribution >= 4 is 9.84 Å². The van der Waals surface area contributed by atoms with Crippen molar-refractivity contribution in [1.29, 1.82) is 0 Å². The minimum atomic E-state index is -2.98. The summed E-state index contributed by atoms with van der Waals surface area (Å²) in [5.74, 6) is 1.12. The maximum Gasteiger partial charge on any atom is 0.157 e. The number of nitrogens with zero attached hydrogens (tertiary/aromatic N) is 2. The molecule has 0 spiro atoms. The second-order valence-corrected chi connectivity index (χ2v) is 5.54. The van der Waals surface area contributed by atoms with Crippen LogP contribution in [0, 0.1) is 5.92 Å². The van der Waals surface area contributed by atoms with Gasteiger partial charge in [0.2, 0.25) is 0 Å². The van der Waals surface area contributed by atoms with Gasteiger partial charge >= 0.3 is 0 Å². The van der Waals surface area contributed by atoms with Gasteiger partial charge < -0.3 is 0 Å². The summed E-state index contributed by atoms with van der Waals surface area (Å²) in [6.45, 7) is 0. The van der Waals surface area contributed by atoms with E-state index in [1.165, 1.54) is 6.33 Å². The van der Waals surface area contributed by atoms with Crippen molar-refractivity contribution < 1.29 is 8.42 Å². The minimum Gasteiger partial charge on any atom is -0.262 e. The van der Waals surface area contributed by atoms with Crippen molar-refractivity contribution in [3.05, 3.63) is 12.2 Å². The fourth-order valence-corrected chi connectivity index (χ4v) is 2.94. The summed E-state index contributed by atoms with van der Waals surface area (Å²) < 4.78 is 22.9. The normalized spacial score (nSPS) is 17.5. The highest BCUT2D eigenvalue weighted by Crippen LogP contribution is 2.30. The molecule has 1 N–H and O–H groups in total. The number of hydrogen-bond donors (Lipinski definition) is 1. The van der Waals surface area contributed by atoms with Gasteiger partial charge in [-0.15, -0.1) is 0 Å². The second-order valence-electron chi connectivity index (χ2n) is 3.43. The van der Waals surface area contributed by atoms with Crippen molar-refractivity contribution in [2.45, 2.75) is 18.6 Å². The molecule has 0 unspecified atom stereocenters. The van der Waals surface area contributed by atoms with Crippen LogP contribution < -0.4 is 0 Å². The molecule has 1 aromatic heterocycles. The Morgan fingerprint density at radius 3 is 2.85 bits per heavy atom. The molecule has 6 heteroatoms. The molecule has 1 aliphatic rings. The van der Waals surface area contributed by atoms with Crippen molar-refractivity contribution in [2.75, 3.05) is 5.75 Å². The molecular formula is C7H11N3O2S. The van der Waals surface area contributed by atoms with Crippen LogP contribution in [0.1, 0.15) is 18.7 Å². The Bertz CT molecular complexity index is 366. The van der Waals surface area contributed by atoms with E-state index in [1.807, 2.05) is 0 Å². The van der Waals surface area contributed by atoms with Gasteiger partial charge in [0.25, 0.3) is 0 Å². The Hall–Kier alpha value is -0.910. The van der Waals surface area contributed by atoms with Gasteiger partial charge in [-0.1, -0.05) is 0 Å². The topological polar surface area (TPSA) is 75.7 Å². The van der Waals surface area contributed by atoms with Crippen LogP contribution in [0.4, 0.5) is 0 Å². The average Bonchev–Trinajstić information content (AvgIpc) is 2.64. The molecule has 5 nitrogen and oxygen atoms in total. The van der Waals surface area contributed by atoms with Crippen LogP contribution in [0.3, 0.4) is 0 Å². The van der Waals surface area contributed by atoms with Gasteiger partial charge in [0.1, 0.15) is 17.9 Å². The summed E-state index contributed by atoms with van der Waals surface area (Å²) >= 11 is 0. The standard InChI is InChI=1S/C7H11N3O2S/c11-13(12,3-6-1-2-6)4-7-8-5-9-10-7/h5-6H,1-4H2,(H,8,9,10). The third kappa shape index (κ3) is 2.51. The van der Waals surface area contributed by atoms with Crippen LogP contribution in [0.25, 0.3) is 0 Å². The summed E-state index contributed by atoms with van der Waals surface area (Å²) in [5, 5.41) is 6.15. The Morgan fingerprint density at radius 2 is 2.31 bits per heavy atom. The maximum atomic E-state index is 11.5. The van der Waals surface area contributed by atoms with E-state index in [-0.39, 0.29) is 5.75 Å². The van der Waals surface area contributed by atoms with Gasteiger partial charge in [-0.05, 0) is 18.8 Å². The van der Waals surface area contributed by atoms with E-state index in [0.717, 1.165) is 12.8 Å². The summed E-state index contributed by atoms with van der Waals surface area (Å²) in [6, 6.07) is 0. The second kappa shape index (κ2) is 3.10. The average molecular weight is 201 g/mol. The van der Waals surface area contributed by atoms with Crippen molar-refractivity contribution in [3.8, 4) is 0 Å². The molecule has 0 aromatic carbocycles. The van der Waals surface area contributed by atoms with Crippen molar-refractivity contribution in [2.24, 2.45) is 5.92 Å². The number of aromatic nitrogens is 3. The van der Waals surface area contributed by atoms with Gasteiger partial charge in [0.05, 0.1) is 5.75 Å². The van der Waals surface area contributed by atoms with E-state index in [2.05, 4.69) is 15.2 Å². The lowest BCUT2D eigenvalue weighted by molar-refractivity contribution is 0.590. The van der Waals surface area contributed by atoms with Crippen LogP contribution in [0.15, 0.2) is 6.33 Å². The molecule has 0 bridgehead atoms. The van der Waals surface area contributed by atoms with Crippen LogP contribution in [-0.4, -0.2) is 29.4 Å². The van der Waals surface area contributed by atoms with Gasteiger partial charge in [-0.25, -0.2) is 13.4 Å². The molecule has 0 atom stereocenters. The SMILES string of the molecule is O=S(=O)(Cc1ncn[nH]1)CC1CC1. The number of hydrogen-bond acceptors (Lipinski definition) is 4. The first-order chi connectivity index (χ1) is 6.16. The Kier molecular flexibility index (Phi) is 2.07. The van der Waals surface area contributed by atoms with Gasteiger partial charge in [-0.3, -0.25) is 5.10 Å². The quantitative estimate of drug-likeness (QED) is 0.751. The smallest absolute Gasteiger partial charge is 0.157 e. The van der Waals surface area contributed by atoms with Gasteiger partial charge in [-0.2, -0.15) is 5.10 Å². The zero-order chi connectivity index (χ0) is 9.31. The zero-order valence-corrected chi connectivity index (χ0v) is 7.92. The molecule has 72 valence electrons.